The molecule has 1 N–H and O–H groups in total. The Morgan fingerprint density at radius 2 is 2.29 bits per heavy atom. The van der Waals surface area contributed by atoms with Gasteiger partial charge in [0, 0.05) is 18.0 Å². The van der Waals surface area contributed by atoms with Gasteiger partial charge in [0.05, 0.1) is 11.5 Å². The summed E-state index contributed by atoms with van der Waals surface area (Å²) >= 11 is 1.65. The molecule has 1 aromatic rings. The predicted octanol–water partition coefficient (Wildman–Crippen LogP) is 3.21. The highest BCUT2D eigenvalue weighted by Crippen LogP contribution is 2.40. The predicted molar refractivity (Wildman–Crippen MR) is 84.9 cm³/mol. The Balaban J connectivity index is 2.36. The molecule has 0 fully saturated rings. The SMILES string of the molecule is C=CCN(CC(C)C(=O)O)c1sc2c(c1C#N)CCCC2. The monoisotopic (exact) mass is 304 g/mol. The molecule has 1 aliphatic rings. The van der Waals surface area contributed by atoms with Gasteiger partial charge in [-0.15, -0.1) is 17.9 Å². The smallest absolute Gasteiger partial charge is 0.308 e. The Morgan fingerprint density at radius 1 is 1.57 bits per heavy atom. The van der Waals surface area contributed by atoms with Crippen molar-refractivity contribution in [2.45, 2.75) is 32.6 Å². The van der Waals surface area contributed by atoms with Crippen LogP contribution >= 0.6 is 11.3 Å². The minimum atomic E-state index is -0.816. The van der Waals surface area contributed by atoms with E-state index in [9.17, 15) is 10.1 Å². The van der Waals surface area contributed by atoms with Crippen molar-refractivity contribution >= 4 is 22.3 Å². The van der Waals surface area contributed by atoms with Gasteiger partial charge in [0.25, 0.3) is 0 Å². The Hall–Kier alpha value is -1.80. The zero-order valence-corrected chi connectivity index (χ0v) is 13.1. The van der Waals surface area contributed by atoms with E-state index in [1.165, 1.54) is 16.9 Å². The lowest BCUT2D eigenvalue weighted by Gasteiger charge is -2.24. The van der Waals surface area contributed by atoms with Gasteiger partial charge in [-0.25, -0.2) is 0 Å². The number of carboxylic acids is 1. The maximum atomic E-state index is 11.1. The quantitative estimate of drug-likeness (QED) is 0.820. The fraction of sp³-hybridized carbons (Fsp3) is 0.500. The van der Waals surface area contributed by atoms with E-state index in [1.54, 1.807) is 24.3 Å². The molecular formula is C16H20N2O2S. The van der Waals surface area contributed by atoms with E-state index in [1.807, 2.05) is 4.90 Å². The number of anilines is 1. The molecule has 0 saturated carbocycles. The van der Waals surface area contributed by atoms with Gasteiger partial charge in [-0.1, -0.05) is 13.0 Å². The Bertz CT molecular complexity index is 586. The summed E-state index contributed by atoms with van der Waals surface area (Å²) in [6.07, 6.45) is 6.06. The molecule has 0 saturated heterocycles. The van der Waals surface area contributed by atoms with Gasteiger partial charge in [0.1, 0.15) is 11.1 Å². The average molecular weight is 304 g/mol. The van der Waals surface area contributed by atoms with Crippen LogP contribution in [0.15, 0.2) is 12.7 Å². The van der Waals surface area contributed by atoms with E-state index >= 15 is 0 Å². The van der Waals surface area contributed by atoms with E-state index in [0.717, 1.165) is 29.8 Å². The van der Waals surface area contributed by atoms with Gasteiger partial charge in [0.15, 0.2) is 0 Å². The largest absolute Gasteiger partial charge is 0.481 e. The number of hydrogen-bond acceptors (Lipinski definition) is 4. The molecule has 0 aliphatic heterocycles. The van der Waals surface area contributed by atoms with Crippen LogP contribution < -0.4 is 4.90 Å². The number of carboxylic acid groups (broad SMARTS) is 1. The molecule has 112 valence electrons. The van der Waals surface area contributed by atoms with Crippen LogP contribution in [0.25, 0.3) is 0 Å². The van der Waals surface area contributed by atoms with E-state index < -0.39 is 11.9 Å². The second-order valence-electron chi connectivity index (χ2n) is 5.44. The molecule has 0 amide bonds. The van der Waals surface area contributed by atoms with E-state index in [0.29, 0.717) is 13.1 Å². The van der Waals surface area contributed by atoms with Gasteiger partial charge >= 0.3 is 5.97 Å². The zero-order valence-electron chi connectivity index (χ0n) is 12.3. The first-order valence-corrected chi connectivity index (χ1v) is 8.03. The average Bonchev–Trinajstić information content (AvgIpc) is 2.84. The maximum Gasteiger partial charge on any atom is 0.308 e. The Kier molecular flexibility index (Phi) is 5.03. The summed E-state index contributed by atoms with van der Waals surface area (Å²) in [5.74, 6) is -1.29. The third kappa shape index (κ3) is 3.27. The minimum absolute atomic E-state index is 0.398. The third-order valence-corrected chi connectivity index (χ3v) is 5.17. The van der Waals surface area contributed by atoms with E-state index in [-0.39, 0.29) is 0 Å². The fourth-order valence-corrected chi connectivity index (χ4v) is 4.05. The second-order valence-corrected chi connectivity index (χ2v) is 6.52. The summed E-state index contributed by atoms with van der Waals surface area (Å²) in [4.78, 5) is 14.4. The van der Waals surface area contributed by atoms with Crippen LogP contribution in [0.5, 0.6) is 0 Å². The number of aryl methyl sites for hydroxylation is 1. The van der Waals surface area contributed by atoms with Crippen molar-refractivity contribution in [3.05, 3.63) is 28.7 Å². The molecule has 1 aliphatic carbocycles. The van der Waals surface area contributed by atoms with Gasteiger partial charge in [-0.3, -0.25) is 4.79 Å². The standard InChI is InChI=1S/C16H20N2O2S/c1-3-8-18(10-11(2)16(19)20)15-13(9-17)12-6-4-5-7-14(12)21-15/h3,11H,1,4-8,10H2,2H3,(H,19,20). The van der Waals surface area contributed by atoms with Crippen LogP contribution in [0.2, 0.25) is 0 Å². The first kappa shape index (κ1) is 15.6. The van der Waals surface area contributed by atoms with Crippen LogP contribution in [-0.2, 0) is 17.6 Å². The summed E-state index contributed by atoms with van der Waals surface area (Å²) in [5, 5.41) is 19.5. The van der Waals surface area contributed by atoms with E-state index in [4.69, 9.17) is 5.11 Å². The number of nitriles is 1. The Morgan fingerprint density at radius 3 is 2.90 bits per heavy atom. The molecule has 1 unspecified atom stereocenters. The normalized spacial score (nSPS) is 14.9. The highest BCUT2D eigenvalue weighted by molar-refractivity contribution is 7.16. The van der Waals surface area contributed by atoms with Gasteiger partial charge in [-0.05, 0) is 31.2 Å². The lowest BCUT2D eigenvalue weighted by atomic mass is 9.96. The van der Waals surface area contributed by atoms with Gasteiger partial charge < -0.3 is 10.0 Å². The topological polar surface area (TPSA) is 64.3 Å². The summed E-state index contributed by atoms with van der Waals surface area (Å²) < 4.78 is 0. The molecule has 0 spiro atoms. The van der Waals surface area contributed by atoms with Crippen LogP contribution in [-0.4, -0.2) is 24.2 Å². The van der Waals surface area contributed by atoms with Crippen molar-refractivity contribution in [3.8, 4) is 6.07 Å². The molecule has 2 rings (SSSR count). The molecule has 21 heavy (non-hydrogen) atoms. The molecule has 1 atom stereocenters. The number of fused-ring (bicyclic) bond motifs is 1. The first-order valence-electron chi connectivity index (χ1n) is 7.21. The van der Waals surface area contributed by atoms with Gasteiger partial charge in [-0.2, -0.15) is 5.26 Å². The maximum absolute atomic E-state index is 11.1. The van der Waals surface area contributed by atoms with Gasteiger partial charge in [0.2, 0.25) is 0 Å². The summed E-state index contributed by atoms with van der Waals surface area (Å²) in [7, 11) is 0. The van der Waals surface area contributed by atoms with Crippen LogP contribution in [0.4, 0.5) is 5.00 Å². The van der Waals surface area contributed by atoms with Crippen molar-refractivity contribution in [1.29, 1.82) is 5.26 Å². The molecule has 0 bridgehead atoms. The Labute approximate surface area is 129 Å². The summed E-state index contributed by atoms with van der Waals surface area (Å²) in [6.45, 7) is 6.40. The lowest BCUT2D eigenvalue weighted by molar-refractivity contribution is -0.140. The van der Waals surface area contributed by atoms with Crippen molar-refractivity contribution in [1.82, 2.24) is 0 Å². The highest BCUT2D eigenvalue weighted by atomic mass is 32.1. The number of carbonyl (C=O) groups is 1. The lowest BCUT2D eigenvalue weighted by Crippen LogP contribution is -2.31. The first-order chi connectivity index (χ1) is 10.1. The molecule has 4 nitrogen and oxygen atoms in total. The van der Waals surface area contributed by atoms with Crippen molar-refractivity contribution < 1.29 is 9.90 Å². The summed E-state index contributed by atoms with van der Waals surface area (Å²) in [6, 6.07) is 2.33. The molecule has 1 heterocycles. The highest BCUT2D eigenvalue weighted by Gasteiger charge is 2.25. The van der Waals surface area contributed by atoms with Crippen molar-refractivity contribution in [2.75, 3.05) is 18.0 Å². The minimum Gasteiger partial charge on any atom is -0.481 e. The molecule has 0 aromatic carbocycles. The molecule has 5 heteroatoms. The number of rotatable bonds is 6. The van der Waals surface area contributed by atoms with Crippen LogP contribution in [0.1, 0.15) is 35.8 Å². The van der Waals surface area contributed by atoms with Crippen molar-refractivity contribution in [2.24, 2.45) is 5.92 Å². The number of thiophene rings is 1. The van der Waals surface area contributed by atoms with Crippen molar-refractivity contribution in [3.63, 3.8) is 0 Å². The third-order valence-electron chi connectivity index (χ3n) is 3.82. The fourth-order valence-electron chi connectivity index (χ4n) is 2.69. The van der Waals surface area contributed by atoms with Crippen LogP contribution in [0, 0.1) is 17.2 Å². The van der Waals surface area contributed by atoms with E-state index in [2.05, 4.69) is 12.6 Å². The molecule has 0 radical (unpaired) electrons. The number of aliphatic carboxylic acids is 1. The number of nitrogens with zero attached hydrogens (tertiary/aromatic N) is 2. The second kappa shape index (κ2) is 6.77. The zero-order chi connectivity index (χ0) is 15.4. The molecular weight excluding hydrogens is 284 g/mol. The van der Waals surface area contributed by atoms with Crippen LogP contribution in [0.3, 0.4) is 0 Å². The molecule has 1 aromatic heterocycles. The summed E-state index contributed by atoms with van der Waals surface area (Å²) in [5.41, 5.74) is 1.93. The number of hydrogen-bond donors (Lipinski definition) is 1.